The van der Waals surface area contributed by atoms with E-state index in [4.69, 9.17) is 4.74 Å². The molecule has 6 heteroatoms. The van der Waals surface area contributed by atoms with Crippen LogP contribution in [0.15, 0.2) is 24.5 Å². The van der Waals surface area contributed by atoms with Crippen molar-refractivity contribution in [3.63, 3.8) is 0 Å². The number of thiazole rings is 1. The van der Waals surface area contributed by atoms with Gasteiger partial charge in [-0.25, -0.2) is 4.98 Å². The van der Waals surface area contributed by atoms with Crippen molar-refractivity contribution < 1.29 is 9.53 Å². The average molecular weight is 319 g/mol. The van der Waals surface area contributed by atoms with Crippen molar-refractivity contribution in [2.75, 3.05) is 13.6 Å². The van der Waals surface area contributed by atoms with Gasteiger partial charge in [-0.3, -0.25) is 9.78 Å². The minimum absolute atomic E-state index is 0.0380. The van der Waals surface area contributed by atoms with Crippen molar-refractivity contribution in [2.24, 2.45) is 0 Å². The van der Waals surface area contributed by atoms with Crippen LogP contribution in [0.5, 0.6) is 5.75 Å². The lowest BCUT2D eigenvalue weighted by molar-refractivity contribution is 0.0797. The predicted molar refractivity (Wildman–Crippen MR) is 87.3 cm³/mol. The van der Waals surface area contributed by atoms with E-state index in [-0.39, 0.29) is 5.91 Å². The number of hydrogen-bond donors (Lipinski definition) is 0. The van der Waals surface area contributed by atoms with E-state index < -0.39 is 0 Å². The van der Waals surface area contributed by atoms with Crippen molar-refractivity contribution in [1.82, 2.24) is 14.9 Å². The van der Waals surface area contributed by atoms with Gasteiger partial charge >= 0.3 is 0 Å². The third kappa shape index (κ3) is 4.27. The smallest absolute Gasteiger partial charge is 0.265 e. The normalized spacial score (nSPS) is 10.5. The Labute approximate surface area is 135 Å². The van der Waals surface area contributed by atoms with E-state index in [0.29, 0.717) is 17.2 Å². The van der Waals surface area contributed by atoms with Gasteiger partial charge in [-0.1, -0.05) is 13.3 Å². The highest BCUT2D eigenvalue weighted by Crippen LogP contribution is 2.21. The second kappa shape index (κ2) is 7.89. The molecule has 0 radical (unpaired) electrons. The molecule has 0 spiro atoms. The molecule has 0 saturated carbocycles. The summed E-state index contributed by atoms with van der Waals surface area (Å²) in [5.41, 5.74) is 0.767. The molecule has 0 aliphatic carbocycles. The summed E-state index contributed by atoms with van der Waals surface area (Å²) >= 11 is 1.40. The molecule has 0 aliphatic heterocycles. The van der Waals surface area contributed by atoms with Gasteiger partial charge in [0, 0.05) is 19.8 Å². The van der Waals surface area contributed by atoms with Gasteiger partial charge < -0.3 is 9.64 Å². The summed E-state index contributed by atoms with van der Waals surface area (Å²) in [7, 11) is 1.84. The van der Waals surface area contributed by atoms with Crippen LogP contribution in [0.1, 0.15) is 40.1 Å². The van der Waals surface area contributed by atoms with E-state index in [0.717, 1.165) is 30.1 Å². The van der Waals surface area contributed by atoms with Crippen molar-refractivity contribution in [2.45, 2.75) is 33.3 Å². The molecule has 0 aliphatic rings. The number of rotatable bonds is 7. The minimum atomic E-state index is 0.0380. The second-order valence-corrected chi connectivity index (χ2v) is 6.16. The largest absolute Gasteiger partial charge is 0.485 e. The van der Waals surface area contributed by atoms with Crippen molar-refractivity contribution in [1.29, 1.82) is 0 Å². The lowest BCUT2D eigenvalue weighted by Gasteiger charge is -2.15. The first-order valence-corrected chi connectivity index (χ1v) is 8.18. The van der Waals surface area contributed by atoms with E-state index in [1.165, 1.54) is 11.3 Å². The topological polar surface area (TPSA) is 55.3 Å². The Balaban J connectivity index is 2.00. The monoisotopic (exact) mass is 319 g/mol. The SMILES string of the molecule is CCCCN(C)C(=O)c1sc(COc2cccnc2)nc1C. The number of carbonyl (C=O) groups is 1. The molecular formula is C16H21N3O2S. The van der Waals surface area contributed by atoms with Crippen molar-refractivity contribution >= 4 is 17.2 Å². The quantitative estimate of drug-likeness (QED) is 0.786. The highest BCUT2D eigenvalue weighted by Gasteiger charge is 2.18. The van der Waals surface area contributed by atoms with Crippen LogP contribution in [-0.4, -0.2) is 34.4 Å². The van der Waals surface area contributed by atoms with Crippen LogP contribution in [0.2, 0.25) is 0 Å². The number of unbranched alkanes of at least 4 members (excludes halogenated alkanes) is 1. The Morgan fingerprint density at radius 1 is 1.45 bits per heavy atom. The molecule has 0 N–H and O–H groups in total. The zero-order chi connectivity index (χ0) is 15.9. The summed E-state index contributed by atoms with van der Waals surface area (Å²) in [6.07, 6.45) is 5.44. The number of nitrogens with zero attached hydrogens (tertiary/aromatic N) is 3. The maximum atomic E-state index is 12.4. The molecular weight excluding hydrogens is 298 g/mol. The van der Waals surface area contributed by atoms with Crippen molar-refractivity contribution in [3.8, 4) is 5.75 Å². The van der Waals surface area contributed by atoms with Crippen LogP contribution < -0.4 is 4.74 Å². The Morgan fingerprint density at radius 2 is 2.27 bits per heavy atom. The molecule has 118 valence electrons. The van der Waals surface area contributed by atoms with E-state index in [2.05, 4.69) is 16.9 Å². The predicted octanol–water partition coefficient (Wildman–Crippen LogP) is 3.30. The highest BCUT2D eigenvalue weighted by atomic mass is 32.1. The van der Waals surface area contributed by atoms with Gasteiger partial charge in [0.05, 0.1) is 11.9 Å². The Hall–Kier alpha value is -1.95. The molecule has 0 unspecified atom stereocenters. The average Bonchev–Trinajstić information content (AvgIpc) is 2.91. The lowest BCUT2D eigenvalue weighted by atomic mass is 10.3. The molecule has 0 saturated heterocycles. The van der Waals surface area contributed by atoms with Gasteiger partial charge in [0.15, 0.2) is 0 Å². The Kier molecular flexibility index (Phi) is 5.89. The first-order valence-electron chi connectivity index (χ1n) is 7.36. The standard InChI is InChI=1S/C16H21N3O2S/c1-4-5-9-19(3)16(20)15-12(2)18-14(22-15)11-21-13-7-6-8-17-10-13/h6-8,10H,4-5,9,11H2,1-3H3. The first kappa shape index (κ1) is 16.4. The molecule has 0 bridgehead atoms. The zero-order valence-corrected chi connectivity index (χ0v) is 14.0. The summed E-state index contributed by atoms with van der Waals surface area (Å²) in [5.74, 6) is 0.736. The van der Waals surface area contributed by atoms with Gasteiger partial charge in [-0.05, 0) is 25.5 Å². The maximum Gasteiger partial charge on any atom is 0.265 e. The van der Waals surface area contributed by atoms with E-state index in [1.54, 1.807) is 17.3 Å². The highest BCUT2D eigenvalue weighted by molar-refractivity contribution is 7.13. The summed E-state index contributed by atoms with van der Waals surface area (Å²) in [4.78, 5) is 23.3. The molecule has 1 amide bonds. The molecule has 0 fully saturated rings. The van der Waals surface area contributed by atoms with Crippen LogP contribution in [0.4, 0.5) is 0 Å². The third-order valence-electron chi connectivity index (χ3n) is 3.23. The van der Waals surface area contributed by atoms with Crippen LogP contribution in [0, 0.1) is 6.92 Å². The molecule has 0 aromatic carbocycles. The number of aromatic nitrogens is 2. The molecule has 22 heavy (non-hydrogen) atoms. The van der Waals surface area contributed by atoms with Gasteiger partial charge in [0.2, 0.25) is 0 Å². The number of hydrogen-bond acceptors (Lipinski definition) is 5. The minimum Gasteiger partial charge on any atom is -0.485 e. The fourth-order valence-electron chi connectivity index (χ4n) is 1.96. The summed E-state index contributed by atoms with van der Waals surface area (Å²) < 4.78 is 5.63. The molecule has 2 aromatic heterocycles. The Bertz CT molecular complexity index is 613. The summed E-state index contributed by atoms with van der Waals surface area (Å²) in [5, 5.41) is 0.800. The molecule has 0 atom stereocenters. The van der Waals surface area contributed by atoms with Gasteiger partial charge in [-0.15, -0.1) is 11.3 Å². The van der Waals surface area contributed by atoms with Crippen LogP contribution in [-0.2, 0) is 6.61 Å². The number of amides is 1. The Morgan fingerprint density at radius 3 is 2.95 bits per heavy atom. The van der Waals surface area contributed by atoms with Gasteiger partial charge in [0.25, 0.3) is 5.91 Å². The van der Waals surface area contributed by atoms with Crippen LogP contribution in [0.3, 0.4) is 0 Å². The third-order valence-corrected chi connectivity index (χ3v) is 4.34. The summed E-state index contributed by atoms with van der Waals surface area (Å²) in [6.45, 7) is 5.10. The zero-order valence-electron chi connectivity index (χ0n) is 13.2. The fourth-order valence-corrected chi connectivity index (χ4v) is 2.93. The van der Waals surface area contributed by atoms with E-state index >= 15 is 0 Å². The molecule has 2 rings (SSSR count). The maximum absolute atomic E-state index is 12.4. The number of aryl methyl sites for hydroxylation is 1. The van der Waals surface area contributed by atoms with Gasteiger partial charge in [0.1, 0.15) is 22.2 Å². The summed E-state index contributed by atoms with van der Waals surface area (Å²) in [6, 6.07) is 3.66. The number of ether oxygens (including phenoxy) is 1. The second-order valence-electron chi connectivity index (χ2n) is 5.08. The lowest BCUT2D eigenvalue weighted by Crippen LogP contribution is -2.27. The number of carbonyl (C=O) groups excluding carboxylic acids is 1. The molecule has 2 aromatic rings. The molecule has 5 nitrogen and oxygen atoms in total. The molecule has 2 heterocycles. The first-order chi connectivity index (χ1) is 10.6. The van der Waals surface area contributed by atoms with Crippen LogP contribution >= 0.6 is 11.3 Å². The number of pyridine rings is 1. The van der Waals surface area contributed by atoms with E-state index in [1.807, 2.05) is 26.1 Å². The van der Waals surface area contributed by atoms with Gasteiger partial charge in [-0.2, -0.15) is 0 Å². The fraction of sp³-hybridized carbons (Fsp3) is 0.438. The van der Waals surface area contributed by atoms with E-state index in [9.17, 15) is 4.79 Å². The van der Waals surface area contributed by atoms with Crippen LogP contribution in [0.25, 0.3) is 0 Å². The van der Waals surface area contributed by atoms with Crippen molar-refractivity contribution in [3.05, 3.63) is 40.1 Å².